The van der Waals surface area contributed by atoms with Crippen LogP contribution in [0, 0.1) is 5.41 Å². The minimum Gasteiger partial charge on any atom is -0.480 e. The molecule has 1 aromatic rings. The highest BCUT2D eigenvalue weighted by atomic mass is 16.4. The minimum absolute atomic E-state index is 0.239. The summed E-state index contributed by atoms with van der Waals surface area (Å²) in [5.74, 6) is -1.56. The minimum atomic E-state index is -1.07. The Morgan fingerprint density at radius 1 is 1.29 bits per heavy atom. The molecule has 1 aromatic heterocycles. The van der Waals surface area contributed by atoms with Crippen molar-refractivity contribution < 1.29 is 14.7 Å². The van der Waals surface area contributed by atoms with E-state index >= 15 is 0 Å². The quantitative estimate of drug-likeness (QED) is 0.807. The predicted molar refractivity (Wildman–Crippen MR) is 60.4 cm³/mol. The van der Waals surface area contributed by atoms with E-state index in [0.717, 1.165) is 0 Å². The number of carboxylic acid groups (broad SMARTS) is 1. The summed E-state index contributed by atoms with van der Waals surface area (Å²) in [6.45, 7) is 5.23. The van der Waals surface area contributed by atoms with Gasteiger partial charge in [-0.25, -0.2) is 14.8 Å². The molecule has 1 atom stereocenters. The molecule has 6 nitrogen and oxygen atoms in total. The van der Waals surface area contributed by atoms with Gasteiger partial charge in [0, 0.05) is 12.4 Å². The van der Waals surface area contributed by atoms with Gasteiger partial charge in [0.25, 0.3) is 5.91 Å². The first-order valence-electron chi connectivity index (χ1n) is 5.11. The molecule has 0 aliphatic carbocycles. The largest absolute Gasteiger partial charge is 0.480 e. The van der Waals surface area contributed by atoms with Gasteiger partial charge >= 0.3 is 5.97 Å². The number of carbonyl (C=O) groups is 2. The van der Waals surface area contributed by atoms with E-state index in [4.69, 9.17) is 5.11 Å². The number of carbonyl (C=O) groups excluding carboxylic acids is 1. The smallest absolute Gasteiger partial charge is 0.326 e. The van der Waals surface area contributed by atoms with E-state index < -0.39 is 23.3 Å². The van der Waals surface area contributed by atoms with E-state index in [1.54, 1.807) is 20.8 Å². The number of nitrogens with one attached hydrogen (secondary N) is 1. The normalized spacial score (nSPS) is 12.9. The van der Waals surface area contributed by atoms with Crippen LogP contribution in [0.4, 0.5) is 0 Å². The summed E-state index contributed by atoms with van der Waals surface area (Å²) in [5, 5.41) is 11.5. The highest BCUT2D eigenvalue weighted by Gasteiger charge is 2.32. The molecule has 2 N–H and O–H groups in total. The zero-order valence-corrected chi connectivity index (χ0v) is 9.97. The highest BCUT2D eigenvalue weighted by Crippen LogP contribution is 2.19. The van der Waals surface area contributed by atoms with E-state index in [0.29, 0.717) is 0 Å². The molecule has 6 heteroatoms. The van der Waals surface area contributed by atoms with Crippen LogP contribution in [0.25, 0.3) is 0 Å². The third-order valence-electron chi connectivity index (χ3n) is 2.21. The lowest BCUT2D eigenvalue weighted by atomic mass is 9.86. The molecule has 0 aromatic carbocycles. The Morgan fingerprint density at radius 3 is 2.24 bits per heavy atom. The van der Waals surface area contributed by atoms with E-state index in [9.17, 15) is 9.59 Å². The van der Waals surface area contributed by atoms with Crippen LogP contribution < -0.4 is 5.32 Å². The number of amides is 1. The van der Waals surface area contributed by atoms with Crippen LogP contribution in [-0.4, -0.2) is 33.0 Å². The fourth-order valence-electron chi connectivity index (χ4n) is 1.28. The van der Waals surface area contributed by atoms with Crippen molar-refractivity contribution in [3.8, 4) is 0 Å². The summed E-state index contributed by atoms with van der Waals surface area (Å²) < 4.78 is 0. The van der Waals surface area contributed by atoms with Crippen LogP contribution in [0.15, 0.2) is 18.7 Å². The summed E-state index contributed by atoms with van der Waals surface area (Å²) in [5.41, 5.74) is -0.333. The van der Waals surface area contributed by atoms with Gasteiger partial charge in [0.1, 0.15) is 12.4 Å². The molecule has 1 unspecified atom stereocenters. The van der Waals surface area contributed by atoms with E-state index in [2.05, 4.69) is 15.3 Å². The summed E-state index contributed by atoms with van der Waals surface area (Å²) in [6, 6.07) is -0.963. The summed E-state index contributed by atoms with van der Waals surface area (Å²) >= 11 is 0. The molecule has 0 aliphatic rings. The van der Waals surface area contributed by atoms with Gasteiger partial charge in [-0.05, 0) is 5.41 Å². The molecular formula is C11H15N3O3. The number of hydrogen-bond donors (Lipinski definition) is 2. The molecule has 0 saturated carbocycles. The molecule has 0 saturated heterocycles. The lowest BCUT2D eigenvalue weighted by molar-refractivity contribution is -0.142. The van der Waals surface area contributed by atoms with Crippen LogP contribution in [0.1, 0.15) is 31.1 Å². The van der Waals surface area contributed by atoms with Crippen LogP contribution in [0.3, 0.4) is 0 Å². The van der Waals surface area contributed by atoms with Crippen molar-refractivity contribution in [2.75, 3.05) is 0 Å². The number of hydrogen-bond acceptors (Lipinski definition) is 4. The number of nitrogens with zero attached hydrogens (tertiary/aromatic N) is 2. The first kappa shape index (κ1) is 13.1. The van der Waals surface area contributed by atoms with Gasteiger partial charge < -0.3 is 10.4 Å². The Bertz CT molecular complexity index is 412. The zero-order valence-electron chi connectivity index (χ0n) is 9.97. The van der Waals surface area contributed by atoms with Gasteiger partial charge in [-0.3, -0.25) is 4.79 Å². The van der Waals surface area contributed by atoms with E-state index in [1.807, 2.05) is 0 Å². The first-order chi connectivity index (χ1) is 7.82. The van der Waals surface area contributed by atoms with Crippen molar-refractivity contribution in [2.24, 2.45) is 5.41 Å². The Morgan fingerprint density at radius 2 is 1.82 bits per heavy atom. The third-order valence-corrected chi connectivity index (χ3v) is 2.21. The summed E-state index contributed by atoms with van der Waals surface area (Å²) in [7, 11) is 0. The second kappa shape index (κ2) is 4.90. The van der Waals surface area contributed by atoms with Crippen LogP contribution in [0.5, 0.6) is 0 Å². The van der Waals surface area contributed by atoms with Gasteiger partial charge in [-0.2, -0.15) is 0 Å². The monoisotopic (exact) mass is 237 g/mol. The molecule has 0 bridgehead atoms. The van der Waals surface area contributed by atoms with Crippen LogP contribution in [0.2, 0.25) is 0 Å². The molecule has 17 heavy (non-hydrogen) atoms. The fourth-order valence-corrected chi connectivity index (χ4v) is 1.28. The fraction of sp³-hybridized carbons (Fsp3) is 0.455. The van der Waals surface area contributed by atoms with Crippen molar-refractivity contribution in [1.29, 1.82) is 0 Å². The Balaban J connectivity index is 2.83. The van der Waals surface area contributed by atoms with Crippen molar-refractivity contribution in [2.45, 2.75) is 26.8 Å². The van der Waals surface area contributed by atoms with Crippen molar-refractivity contribution >= 4 is 11.9 Å². The van der Waals surface area contributed by atoms with Crippen molar-refractivity contribution in [1.82, 2.24) is 15.3 Å². The van der Waals surface area contributed by atoms with Crippen LogP contribution in [-0.2, 0) is 4.79 Å². The number of carboxylic acids is 1. The third kappa shape index (κ3) is 3.51. The molecule has 0 radical (unpaired) electrons. The molecule has 0 fully saturated rings. The second-order valence-corrected chi connectivity index (χ2v) is 4.74. The average Bonchev–Trinajstić information content (AvgIpc) is 2.24. The molecule has 1 rings (SSSR count). The summed E-state index contributed by atoms with van der Waals surface area (Å²) in [6.07, 6.45) is 3.98. The predicted octanol–water partition coefficient (Wildman–Crippen LogP) is 0.706. The van der Waals surface area contributed by atoms with E-state index in [1.165, 1.54) is 18.7 Å². The Hall–Kier alpha value is -1.98. The topological polar surface area (TPSA) is 92.2 Å². The van der Waals surface area contributed by atoms with Gasteiger partial charge in [0.05, 0.1) is 5.56 Å². The highest BCUT2D eigenvalue weighted by molar-refractivity contribution is 5.96. The molecule has 1 amide bonds. The molecule has 92 valence electrons. The van der Waals surface area contributed by atoms with Crippen molar-refractivity contribution in [3.05, 3.63) is 24.3 Å². The molecule has 0 aliphatic heterocycles. The molecule has 0 spiro atoms. The van der Waals surface area contributed by atoms with Gasteiger partial charge in [-0.1, -0.05) is 20.8 Å². The van der Waals surface area contributed by atoms with Gasteiger partial charge in [-0.15, -0.1) is 0 Å². The average molecular weight is 237 g/mol. The van der Waals surface area contributed by atoms with Crippen molar-refractivity contribution in [3.63, 3.8) is 0 Å². The SMILES string of the molecule is CC(C)(C)C(NC(=O)c1cncnc1)C(=O)O. The van der Waals surface area contributed by atoms with Gasteiger partial charge in [0.15, 0.2) is 0 Å². The lowest BCUT2D eigenvalue weighted by Crippen LogP contribution is -2.49. The Labute approximate surface area is 99.1 Å². The molecule has 1 heterocycles. The Kier molecular flexibility index (Phi) is 3.77. The standard InChI is InChI=1S/C11H15N3O3/c1-11(2,3)8(10(16)17)14-9(15)7-4-12-6-13-5-7/h4-6,8H,1-3H3,(H,14,15)(H,16,17). The number of rotatable bonds is 3. The maximum absolute atomic E-state index is 11.8. The summed E-state index contributed by atoms with van der Waals surface area (Å²) in [4.78, 5) is 30.2. The lowest BCUT2D eigenvalue weighted by Gasteiger charge is -2.27. The second-order valence-electron chi connectivity index (χ2n) is 4.74. The van der Waals surface area contributed by atoms with E-state index in [-0.39, 0.29) is 5.56 Å². The zero-order chi connectivity index (χ0) is 13.1. The van der Waals surface area contributed by atoms with Crippen LogP contribution >= 0.6 is 0 Å². The maximum Gasteiger partial charge on any atom is 0.326 e. The molecular weight excluding hydrogens is 222 g/mol. The number of aliphatic carboxylic acids is 1. The first-order valence-corrected chi connectivity index (χ1v) is 5.11. The number of aromatic nitrogens is 2. The maximum atomic E-state index is 11.8. The van der Waals surface area contributed by atoms with Gasteiger partial charge in [0.2, 0.25) is 0 Å².